The number of carbonyl (C=O) groups excluding carboxylic acids is 1. The Morgan fingerprint density at radius 1 is 0.739 bits per heavy atom. The third kappa shape index (κ3) is 8.06. The number of aryl methyl sites for hydroxylation is 2. The lowest BCUT2D eigenvalue weighted by Crippen LogP contribution is -2.35. The molecule has 2 saturated heterocycles. The number of ketones is 1. The number of likely N-dealkylation sites (tertiary alicyclic amines) is 2. The van der Waals surface area contributed by atoms with Gasteiger partial charge in [-0.3, -0.25) is 19.6 Å². The van der Waals surface area contributed by atoms with Gasteiger partial charge < -0.3 is 9.13 Å². The molecule has 2 aliphatic rings. The highest BCUT2D eigenvalue weighted by Gasteiger charge is 2.22. The van der Waals surface area contributed by atoms with Crippen molar-refractivity contribution in [1.29, 1.82) is 0 Å². The number of hydrogen-bond donors (Lipinski definition) is 0. The Kier molecular flexibility index (Phi) is 11.7. The predicted octanol–water partition coefficient (Wildman–Crippen LogP) is 7.81. The van der Waals surface area contributed by atoms with Crippen LogP contribution in [-0.2, 0) is 0 Å². The van der Waals surface area contributed by atoms with Gasteiger partial charge in [-0.15, -0.1) is 0 Å². The topological polar surface area (TPSA) is 58.7 Å². The summed E-state index contributed by atoms with van der Waals surface area (Å²) in [5, 5.41) is 0.700. The van der Waals surface area contributed by atoms with Gasteiger partial charge in [0.1, 0.15) is 11.5 Å². The molecular formula is C38H49ClN6O. The van der Waals surface area contributed by atoms with Crippen LogP contribution in [-0.4, -0.2) is 81.7 Å². The number of piperidine rings is 2. The van der Waals surface area contributed by atoms with Crippen molar-refractivity contribution in [3.05, 3.63) is 99.8 Å². The number of Topliss-reactive ketones (excluding diaryl/α,β-unsaturated/α-hetero) is 1. The first-order chi connectivity index (χ1) is 22.3. The van der Waals surface area contributed by atoms with Crippen molar-refractivity contribution >= 4 is 23.1 Å². The lowest BCUT2D eigenvalue weighted by molar-refractivity contribution is 0.0910. The summed E-state index contributed by atoms with van der Waals surface area (Å²) in [6.07, 6.45) is 7.65. The van der Waals surface area contributed by atoms with Gasteiger partial charge in [0, 0.05) is 46.9 Å². The third-order valence-corrected chi connectivity index (χ3v) is 9.54. The smallest absolute Gasteiger partial charge is 0.196 e. The molecule has 0 radical (unpaired) electrons. The summed E-state index contributed by atoms with van der Waals surface area (Å²) < 4.78 is 4.34. The van der Waals surface area contributed by atoms with Gasteiger partial charge in [-0.1, -0.05) is 42.6 Å². The summed E-state index contributed by atoms with van der Waals surface area (Å²) in [7, 11) is 1.92. The van der Waals surface area contributed by atoms with Gasteiger partial charge in [0.05, 0.1) is 18.0 Å². The second-order valence-electron chi connectivity index (χ2n) is 12.6. The third-order valence-electron chi connectivity index (χ3n) is 9.29. The van der Waals surface area contributed by atoms with Crippen LogP contribution in [0.4, 0.5) is 0 Å². The number of halogens is 1. The minimum absolute atomic E-state index is 0.111. The zero-order chi connectivity index (χ0) is 32.6. The maximum atomic E-state index is 12.6. The first-order valence-corrected chi connectivity index (χ1v) is 17.1. The molecule has 2 aromatic heterocycles. The Morgan fingerprint density at radius 3 is 1.89 bits per heavy atom. The van der Waals surface area contributed by atoms with E-state index >= 15 is 0 Å². The van der Waals surface area contributed by atoms with E-state index in [4.69, 9.17) is 11.6 Å². The molecule has 0 spiro atoms. The van der Waals surface area contributed by atoms with Gasteiger partial charge in [0.25, 0.3) is 0 Å². The normalized spacial score (nSPS) is 16.3. The van der Waals surface area contributed by atoms with Crippen LogP contribution in [0.3, 0.4) is 0 Å². The first-order valence-electron chi connectivity index (χ1n) is 16.8. The fourth-order valence-corrected chi connectivity index (χ4v) is 7.03. The van der Waals surface area contributed by atoms with E-state index in [9.17, 15) is 4.79 Å². The fourth-order valence-electron chi connectivity index (χ4n) is 6.91. The Bertz CT molecular complexity index is 1620. The van der Waals surface area contributed by atoms with Crippen molar-refractivity contribution in [2.24, 2.45) is 4.99 Å². The van der Waals surface area contributed by atoms with Crippen molar-refractivity contribution < 1.29 is 4.79 Å². The minimum atomic E-state index is 0.111. The highest BCUT2D eigenvalue weighted by molar-refractivity contribution is 6.30. The fraction of sp³-hybridized carbons (Fsp3) is 0.447. The molecule has 8 heteroatoms. The quantitative estimate of drug-likeness (QED) is 0.146. The van der Waals surface area contributed by atoms with Gasteiger partial charge in [-0.25, -0.2) is 4.98 Å². The molecule has 0 bridgehead atoms. The van der Waals surface area contributed by atoms with Crippen LogP contribution in [0.2, 0.25) is 5.02 Å². The molecular weight excluding hydrogens is 592 g/mol. The molecule has 0 amide bonds. The molecule has 0 aliphatic carbocycles. The molecule has 244 valence electrons. The molecule has 0 saturated carbocycles. The van der Waals surface area contributed by atoms with Crippen LogP contribution in [0.15, 0.2) is 65.7 Å². The SMILES string of the molecule is CN=C(CN1CCCCC1)c1cc(C)n(-c2ccccc2)c1C.Cc1nc(C(=O)CN2CCCCC2)c(C)n1-c1ccc(Cl)cc1. The lowest BCUT2D eigenvalue weighted by atomic mass is 10.1. The summed E-state index contributed by atoms with van der Waals surface area (Å²) in [6.45, 7) is 14.1. The first kappa shape index (κ1) is 33.8. The number of aliphatic imine (C=N–C) groups is 1. The Hall–Kier alpha value is -3.52. The largest absolute Gasteiger partial charge is 0.318 e. The van der Waals surface area contributed by atoms with E-state index < -0.39 is 0 Å². The van der Waals surface area contributed by atoms with Crippen molar-refractivity contribution in [3.63, 3.8) is 0 Å². The summed E-state index contributed by atoms with van der Waals surface area (Å²) in [6, 6.07) is 20.5. The minimum Gasteiger partial charge on any atom is -0.318 e. The van der Waals surface area contributed by atoms with Gasteiger partial charge in [0.2, 0.25) is 0 Å². The second kappa shape index (κ2) is 15.9. The summed E-state index contributed by atoms with van der Waals surface area (Å²) in [5.74, 6) is 0.937. The molecule has 4 aromatic rings. The maximum Gasteiger partial charge on any atom is 0.196 e. The Morgan fingerprint density at radius 2 is 1.30 bits per heavy atom. The molecule has 6 rings (SSSR count). The van der Waals surface area contributed by atoms with Crippen LogP contribution < -0.4 is 0 Å². The monoisotopic (exact) mass is 640 g/mol. The number of imidazole rings is 1. The van der Waals surface area contributed by atoms with Crippen molar-refractivity contribution in [1.82, 2.24) is 23.9 Å². The van der Waals surface area contributed by atoms with Crippen molar-refractivity contribution in [2.75, 3.05) is 46.3 Å². The van der Waals surface area contributed by atoms with E-state index in [2.05, 4.69) is 74.6 Å². The van der Waals surface area contributed by atoms with Gasteiger partial charge in [0.15, 0.2) is 5.78 Å². The highest BCUT2D eigenvalue weighted by atomic mass is 35.5. The molecule has 2 aliphatic heterocycles. The van der Waals surface area contributed by atoms with E-state index in [1.807, 2.05) is 49.7 Å². The Labute approximate surface area is 279 Å². The van der Waals surface area contributed by atoms with Crippen LogP contribution in [0.25, 0.3) is 11.4 Å². The second-order valence-corrected chi connectivity index (χ2v) is 13.1. The number of benzene rings is 2. The molecule has 0 unspecified atom stereocenters. The average molecular weight is 641 g/mol. The molecule has 0 N–H and O–H groups in total. The number of nitrogens with zero attached hydrogens (tertiary/aromatic N) is 6. The number of rotatable bonds is 8. The van der Waals surface area contributed by atoms with Crippen LogP contribution >= 0.6 is 11.6 Å². The van der Waals surface area contributed by atoms with Crippen molar-refractivity contribution in [2.45, 2.75) is 66.2 Å². The lowest BCUT2D eigenvalue weighted by Gasteiger charge is -2.27. The van der Waals surface area contributed by atoms with Crippen LogP contribution in [0.5, 0.6) is 0 Å². The summed E-state index contributed by atoms with van der Waals surface area (Å²) in [4.78, 5) is 26.6. The van der Waals surface area contributed by atoms with E-state index in [0.29, 0.717) is 17.3 Å². The number of carbonyl (C=O) groups is 1. The molecule has 7 nitrogen and oxygen atoms in total. The summed E-state index contributed by atoms with van der Waals surface area (Å²) in [5.41, 5.74) is 8.74. The summed E-state index contributed by atoms with van der Waals surface area (Å²) >= 11 is 5.96. The predicted molar refractivity (Wildman–Crippen MR) is 191 cm³/mol. The van der Waals surface area contributed by atoms with Gasteiger partial charge in [-0.2, -0.15) is 0 Å². The maximum absolute atomic E-state index is 12.6. The van der Waals surface area contributed by atoms with Crippen molar-refractivity contribution in [3.8, 4) is 11.4 Å². The zero-order valence-corrected chi connectivity index (χ0v) is 29.0. The average Bonchev–Trinajstić information content (AvgIpc) is 3.54. The van der Waals surface area contributed by atoms with E-state index in [0.717, 1.165) is 36.8 Å². The molecule has 46 heavy (non-hydrogen) atoms. The Balaban J connectivity index is 0.000000181. The van der Waals surface area contributed by atoms with Gasteiger partial charge >= 0.3 is 0 Å². The van der Waals surface area contributed by atoms with E-state index in [1.54, 1.807) is 0 Å². The zero-order valence-electron chi connectivity index (χ0n) is 28.2. The number of hydrogen-bond acceptors (Lipinski definition) is 5. The molecule has 4 heterocycles. The number of para-hydroxylation sites is 1. The van der Waals surface area contributed by atoms with Crippen LogP contribution in [0, 0.1) is 27.7 Å². The molecule has 0 atom stereocenters. The molecule has 2 fully saturated rings. The van der Waals surface area contributed by atoms with E-state index in [-0.39, 0.29) is 5.78 Å². The van der Waals surface area contributed by atoms with E-state index in [1.165, 1.54) is 80.0 Å². The molecule has 2 aromatic carbocycles. The highest BCUT2D eigenvalue weighted by Crippen LogP contribution is 2.23. The number of aromatic nitrogens is 3. The van der Waals surface area contributed by atoms with Crippen LogP contribution in [0.1, 0.15) is 77.5 Å². The standard InChI is InChI=1S/C20H27N3.C18H22ClN3O/c1-16-14-19(17(2)23(16)18-10-6-4-7-11-18)20(21-3)15-22-12-8-5-9-13-22;1-13-18(17(23)12-21-10-4-3-5-11-21)20-14(2)22(13)16-8-6-15(19)7-9-16/h4,6-7,10-11,14H,5,8-9,12-13,15H2,1-3H3;6-9H,3-5,10-12H2,1-2H3. The van der Waals surface area contributed by atoms with Gasteiger partial charge in [-0.05, 0) is 122 Å².